The maximum absolute atomic E-state index is 11.2. The van der Waals surface area contributed by atoms with Crippen LogP contribution in [0.5, 0.6) is 0 Å². The molecule has 8 heteroatoms. The van der Waals surface area contributed by atoms with Gasteiger partial charge in [0.15, 0.2) is 0 Å². The smallest absolute Gasteiger partial charge is 0.326 e. The van der Waals surface area contributed by atoms with E-state index in [1.165, 1.54) is 6.92 Å². The van der Waals surface area contributed by atoms with Crippen molar-refractivity contribution < 1.29 is 24.6 Å². The standard InChI is InChI=1S/C10H19N3O5/c1-5(11)8(14)13-7(10(17)18)4-2-3-6(12)9(15)16/h5-7H,2-4,11-12H2,1H3,(H,13,14)(H,15,16)(H,17,18)/t5-,6-,7+/m1/s1. The van der Waals surface area contributed by atoms with Crippen LogP contribution in [0.15, 0.2) is 0 Å². The van der Waals surface area contributed by atoms with Gasteiger partial charge in [0.25, 0.3) is 0 Å². The van der Waals surface area contributed by atoms with E-state index >= 15 is 0 Å². The molecule has 0 unspecified atom stereocenters. The van der Waals surface area contributed by atoms with Crippen molar-refractivity contribution in [3.8, 4) is 0 Å². The molecule has 7 N–H and O–H groups in total. The lowest BCUT2D eigenvalue weighted by molar-refractivity contribution is -0.142. The molecular weight excluding hydrogens is 242 g/mol. The molecule has 0 aliphatic heterocycles. The number of nitrogens with two attached hydrogens (primary N) is 2. The molecule has 0 aromatic rings. The Morgan fingerprint density at radius 3 is 2.06 bits per heavy atom. The third-order valence-electron chi connectivity index (χ3n) is 2.35. The number of hydrogen-bond donors (Lipinski definition) is 5. The van der Waals surface area contributed by atoms with E-state index in [1.54, 1.807) is 0 Å². The van der Waals surface area contributed by atoms with Crippen LogP contribution in [0.1, 0.15) is 26.2 Å². The third-order valence-corrected chi connectivity index (χ3v) is 2.35. The van der Waals surface area contributed by atoms with Crippen LogP contribution in [0.3, 0.4) is 0 Å². The van der Waals surface area contributed by atoms with E-state index in [9.17, 15) is 14.4 Å². The van der Waals surface area contributed by atoms with Gasteiger partial charge in [-0.15, -0.1) is 0 Å². The van der Waals surface area contributed by atoms with Crippen LogP contribution in [0.2, 0.25) is 0 Å². The number of carboxylic acids is 2. The molecule has 0 saturated heterocycles. The van der Waals surface area contributed by atoms with Gasteiger partial charge in [-0.05, 0) is 26.2 Å². The van der Waals surface area contributed by atoms with Crippen molar-refractivity contribution in [1.29, 1.82) is 0 Å². The number of aliphatic carboxylic acids is 2. The summed E-state index contributed by atoms with van der Waals surface area (Å²) in [6.07, 6.45) is 0.533. The summed E-state index contributed by atoms with van der Waals surface area (Å²) in [5.41, 5.74) is 10.6. The number of hydrogen-bond acceptors (Lipinski definition) is 5. The Morgan fingerprint density at radius 1 is 1.11 bits per heavy atom. The Labute approximate surface area is 104 Å². The zero-order valence-corrected chi connectivity index (χ0v) is 10.1. The molecule has 18 heavy (non-hydrogen) atoms. The van der Waals surface area contributed by atoms with E-state index in [4.69, 9.17) is 21.7 Å². The fraction of sp³-hybridized carbons (Fsp3) is 0.700. The first kappa shape index (κ1) is 16.3. The minimum Gasteiger partial charge on any atom is -0.480 e. The van der Waals surface area contributed by atoms with Crippen molar-refractivity contribution in [1.82, 2.24) is 5.32 Å². The molecule has 8 nitrogen and oxygen atoms in total. The van der Waals surface area contributed by atoms with Gasteiger partial charge in [-0.2, -0.15) is 0 Å². The molecule has 0 aromatic heterocycles. The lowest BCUT2D eigenvalue weighted by Crippen LogP contribution is -2.47. The van der Waals surface area contributed by atoms with E-state index < -0.39 is 36.0 Å². The third kappa shape index (κ3) is 6.16. The summed E-state index contributed by atoms with van der Waals surface area (Å²) in [6, 6.07) is -2.90. The molecule has 104 valence electrons. The molecule has 0 aliphatic rings. The summed E-state index contributed by atoms with van der Waals surface area (Å²) in [5.74, 6) is -2.89. The summed E-state index contributed by atoms with van der Waals surface area (Å²) in [4.78, 5) is 32.6. The Morgan fingerprint density at radius 2 is 1.67 bits per heavy atom. The van der Waals surface area contributed by atoms with Crippen molar-refractivity contribution in [2.24, 2.45) is 11.5 Å². The van der Waals surface area contributed by atoms with Gasteiger partial charge in [-0.25, -0.2) is 4.79 Å². The van der Waals surface area contributed by atoms with Gasteiger partial charge in [0.05, 0.1) is 6.04 Å². The normalized spacial score (nSPS) is 15.5. The fourth-order valence-electron chi connectivity index (χ4n) is 1.23. The van der Waals surface area contributed by atoms with Crippen molar-refractivity contribution in [2.75, 3.05) is 0 Å². The topological polar surface area (TPSA) is 156 Å². The minimum atomic E-state index is -1.19. The number of nitrogens with one attached hydrogen (secondary N) is 1. The Balaban J connectivity index is 4.18. The minimum absolute atomic E-state index is 0.106. The largest absolute Gasteiger partial charge is 0.480 e. The second-order valence-electron chi connectivity index (χ2n) is 4.06. The lowest BCUT2D eigenvalue weighted by atomic mass is 10.1. The molecule has 0 fully saturated rings. The van der Waals surface area contributed by atoms with Gasteiger partial charge >= 0.3 is 11.9 Å². The number of amides is 1. The van der Waals surface area contributed by atoms with Gasteiger partial charge in [0, 0.05) is 0 Å². The van der Waals surface area contributed by atoms with Crippen LogP contribution in [-0.4, -0.2) is 46.2 Å². The highest BCUT2D eigenvalue weighted by atomic mass is 16.4. The average molecular weight is 261 g/mol. The van der Waals surface area contributed by atoms with E-state index in [0.29, 0.717) is 0 Å². The summed E-state index contributed by atoms with van der Waals surface area (Å²) in [7, 11) is 0. The lowest BCUT2D eigenvalue weighted by Gasteiger charge is -2.16. The van der Waals surface area contributed by atoms with E-state index in [1.807, 2.05) is 0 Å². The van der Waals surface area contributed by atoms with Crippen LogP contribution in [0.25, 0.3) is 0 Å². The van der Waals surface area contributed by atoms with Crippen LogP contribution in [-0.2, 0) is 14.4 Å². The predicted molar refractivity (Wildman–Crippen MR) is 62.7 cm³/mol. The van der Waals surface area contributed by atoms with E-state index in [-0.39, 0.29) is 19.3 Å². The van der Waals surface area contributed by atoms with E-state index in [2.05, 4.69) is 5.32 Å². The van der Waals surface area contributed by atoms with Crippen molar-refractivity contribution >= 4 is 17.8 Å². The average Bonchev–Trinajstić information content (AvgIpc) is 2.26. The van der Waals surface area contributed by atoms with Gasteiger partial charge in [-0.3, -0.25) is 9.59 Å². The molecule has 0 bridgehead atoms. The van der Waals surface area contributed by atoms with Crippen LogP contribution in [0.4, 0.5) is 0 Å². The first-order valence-electron chi connectivity index (χ1n) is 5.52. The van der Waals surface area contributed by atoms with Crippen molar-refractivity contribution in [2.45, 2.75) is 44.3 Å². The van der Waals surface area contributed by atoms with Gasteiger partial charge < -0.3 is 27.0 Å². The maximum Gasteiger partial charge on any atom is 0.326 e. The Bertz CT molecular complexity index is 319. The van der Waals surface area contributed by atoms with Gasteiger partial charge in [0.2, 0.25) is 5.91 Å². The fourth-order valence-corrected chi connectivity index (χ4v) is 1.23. The molecule has 0 rings (SSSR count). The zero-order valence-electron chi connectivity index (χ0n) is 10.1. The molecule has 0 saturated carbocycles. The second kappa shape index (κ2) is 7.62. The summed E-state index contributed by atoms with van der Waals surface area (Å²) in [5, 5.41) is 19.7. The summed E-state index contributed by atoms with van der Waals surface area (Å²) >= 11 is 0. The number of carboxylic acid groups (broad SMARTS) is 2. The second-order valence-corrected chi connectivity index (χ2v) is 4.06. The summed E-state index contributed by atoms with van der Waals surface area (Å²) in [6.45, 7) is 1.44. The first-order chi connectivity index (χ1) is 8.25. The maximum atomic E-state index is 11.2. The highest BCUT2D eigenvalue weighted by Gasteiger charge is 2.22. The highest BCUT2D eigenvalue weighted by molar-refractivity contribution is 5.86. The molecule has 0 aromatic carbocycles. The number of carbonyl (C=O) groups excluding carboxylic acids is 1. The molecule has 3 atom stereocenters. The highest BCUT2D eigenvalue weighted by Crippen LogP contribution is 2.04. The van der Waals surface area contributed by atoms with Crippen LogP contribution >= 0.6 is 0 Å². The molecule has 0 aliphatic carbocycles. The zero-order chi connectivity index (χ0) is 14.3. The van der Waals surface area contributed by atoms with Crippen LogP contribution in [0, 0.1) is 0 Å². The van der Waals surface area contributed by atoms with Crippen molar-refractivity contribution in [3.05, 3.63) is 0 Å². The van der Waals surface area contributed by atoms with Gasteiger partial charge in [0.1, 0.15) is 12.1 Å². The predicted octanol–water partition coefficient (Wildman–Crippen LogP) is -1.51. The molecule has 0 heterocycles. The monoisotopic (exact) mass is 261 g/mol. The SMILES string of the molecule is C[C@@H](N)C(=O)N[C@@H](CCC[C@@H](N)C(=O)O)C(=O)O. The molecule has 1 amide bonds. The summed E-state index contributed by atoms with van der Waals surface area (Å²) < 4.78 is 0. The number of carbonyl (C=O) groups is 3. The van der Waals surface area contributed by atoms with Gasteiger partial charge in [-0.1, -0.05) is 0 Å². The van der Waals surface area contributed by atoms with Crippen LogP contribution < -0.4 is 16.8 Å². The quantitative estimate of drug-likeness (QED) is 0.355. The molecular formula is C10H19N3O5. The van der Waals surface area contributed by atoms with E-state index in [0.717, 1.165) is 0 Å². The van der Waals surface area contributed by atoms with Crippen molar-refractivity contribution in [3.63, 3.8) is 0 Å². The molecule has 0 spiro atoms. The Hall–Kier alpha value is -1.67. The Kier molecular flexibility index (Phi) is 6.91. The first-order valence-corrected chi connectivity index (χ1v) is 5.52. The number of rotatable bonds is 8. The molecule has 0 radical (unpaired) electrons.